The second kappa shape index (κ2) is 7.38. The zero-order valence-electron chi connectivity index (χ0n) is 14.7. The molecule has 0 unspecified atom stereocenters. The minimum Gasteiger partial charge on any atom is -0.331 e. The topological polar surface area (TPSA) is 38.1 Å². The molecule has 0 aliphatic heterocycles. The molecule has 3 aromatic rings. The van der Waals surface area contributed by atoms with E-state index in [1.54, 1.807) is 18.0 Å². The fraction of sp³-hybridized carbons (Fsp3) is 0.238. The maximum absolute atomic E-state index is 13.1. The Bertz CT molecular complexity index is 885. The number of amides is 1. The summed E-state index contributed by atoms with van der Waals surface area (Å²) in [7, 11) is 0. The third-order valence-electron chi connectivity index (χ3n) is 4.63. The van der Waals surface area contributed by atoms with Gasteiger partial charge >= 0.3 is 0 Å². The number of rotatable bonds is 6. The van der Waals surface area contributed by atoms with Gasteiger partial charge in [-0.05, 0) is 48.9 Å². The van der Waals surface area contributed by atoms with Crippen molar-refractivity contribution in [1.82, 2.24) is 14.5 Å². The van der Waals surface area contributed by atoms with Crippen molar-refractivity contribution in [3.63, 3.8) is 0 Å². The molecule has 1 aliphatic carbocycles. The van der Waals surface area contributed by atoms with Crippen LogP contribution in [0, 0.1) is 0 Å². The Morgan fingerprint density at radius 1 is 1.15 bits per heavy atom. The maximum atomic E-state index is 13.1. The van der Waals surface area contributed by atoms with E-state index in [0.29, 0.717) is 12.6 Å². The van der Waals surface area contributed by atoms with Gasteiger partial charge < -0.3 is 4.90 Å². The van der Waals surface area contributed by atoms with Gasteiger partial charge in [-0.2, -0.15) is 0 Å². The standard InChI is InChI=1S/C21H21N3OS/c1-26-21-22-13-14-23(21)18-9-7-17(8-10-18)20(25)24(19-11-12-19)15-16-5-3-2-4-6-16/h2-10,13-14,19H,11-12,15H2,1H3. The normalized spacial score (nSPS) is 13.6. The van der Waals surface area contributed by atoms with Gasteiger partial charge in [0.05, 0.1) is 0 Å². The molecule has 1 fully saturated rings. The third-order valence-corrected chi connectivity index (χ3v) is 5.29. The lowest BCUT2D eigenvalue weighted by Crippen LogP contribution is -2.32. The lowest BCUT2D eigenvalue weighted by molar-refractivity contribution is 0.0730. The first kappa shape index (κ1) is 16.9. The lowest BCUT2D eigenvalue weighted by atomic mass is 10.1. The Kier molecular flexibility index (Phi) is 4.80. The predicted molar refractivity (Wildman–Crippen MR) is 105 cm³/mol. The summed E-state index contributed by atoms with van der Waals surface area (Å²) in [5.74, 6) is 0.110. The van der Waals surface area contributed by atoms with Crippen molar-refractivity contribution in [3.8, 4) is 5.69 Å². The first-order chi connectivity index (χ1) is 12.8. The zero-order valence-corrected chi connectivity index (χ0v) is 15.5. The molecular weight excluding hydrogens is 342 g/mol. The molecule has 0 spiro atoms. The number of benzene rings is 2. The van der Waals surface area contributed by atoms with Crippen molar-refractivity contribution in [2.24, 2.45) is 0 Å². The fourth-order valence-electron chi connectivity index (χ4n) is 3.10. The molecule has 2 aromatic carbocycles. The molecule has 0 saturated heterocycles. The molecule has 4 nitrogen and oxygen atoms in total. The summed E-state index contributed by atoms with van der Waals surface area (Å²) < 4.78 is 2.03. The summed E-state index contributed by atoms with van der Waals surface area (Å²) in [4.78, 5) is 19.4. The second-order valence-electron chi connectivity index (χ2n) is 6.48. The summed E-state index contributed by atoms with van der Waals surface area (Å²) in [6.45, 7) is 0.671. The molecule has 0 radical (unpaired) electrons. The largest absolute Gasteiger partial charge is 0.331 e. The van der Waals surface area contributed by atoms with Crippen molar-refractivity contribution < 1.29 is 4.79 Å². The Hall–Kier alpha value is -2.53. The van der Waals surface area contributed by atoms with Crippen LogP contribution in [0.4, 0.5) is 0 Å². The van der Waals surface area contributed by atoms with Gasteiger partial charge in [0.15, 0.2) is 5.16 Å². The first-order valence-electron chi connectivity index (χ1n) is 8.79. The molecule has 1 aliphatic rings. The molecule has 1 heterocycles. The van der Waals surface area contributed by atoms with E-state index in [2.05, 4.69) is 17.1 Å². The van der Waals surface area contributed by atoms with Crippen LogP contribution in [-0.4, -0.2) is 32.7 Å². The average molecular weight is 363 g/mol. The van der Waals surface area contributed by atoms with Gasteiger partial charge in [0.2, 0.25) is 0 Å². The highest BCUT2D eigenvalue weighted by atomic mass is 32.2. The SMILES string of the molecule is CSc1nccn1-c1ccc(C(=O)N(Cc2ccccc2)C2CC2)cc1. The van der Waals surface area contributed by atoms with Crippen molar-refractivity contribution in [3.05, 3.63) is 78.1 Å². The predicted octanol–water partition coefficient (Wildman–Crippen LogP) is 4.40. The Labute approximate surface area is 157 Å². The molecule has 0 atom stereocenters. The lowest BCUT2D eigenvalue weighted by Gasteiger charge is -2.23. The number of hydrogen-bond acceptors (Lipinski definition) is 3. The highest BCUT2D eigenvalue weighted by Gasteiger charge is 2.33. The Balaban J connectivity index is 1.55. The third kappa shape index (κ3) is 3.53. The van der Waals surface area contributed by atoms with Crippen molar-refractivity contribution in [2.45, 2.75) is 30.6 Å². The van der Waals surface area contributed by atoms with Crippen LogP contribution in [0.15, 0.2) is 72.1 Å². The van der Waals surface area contributed by atoms with Crippen LogP contribution in [-0.2, 0) is 6.54 Å². The minimum atomic E-state index is 0.110. The monoisotopic (exact) mass is 363 g/mol. The van der Waals surface area contributed by atoms with Crippen molar-refractivity contribution in [2.75, 3.05) is 6.26 Å². The fourth-order valence-corrected chi connectivity index (χ4v) is 3.63. The van der Waals surface area contributed by atoms with Crippen LogP contribution in [0.3, 0.4) is 0 Å². The Morgan fingerprint density at radius 2 is 1.88 bits per heavy atom. The Morgan fingerprint density at radius 3 is 2.54 bits per heavy atom. The number of carbonyl (C=O) groups is 1. The van der Waals surface area contributed by atoms with E-state index in [0.717, 1.165) is 29.2 Å². The van der Waals surface area contributed by atoms with Gasteiger partial charge in [-0.15, -0.1) is 0 Å². The van der Waals surface area contributed by atoms with E-state index < -0.39 is 0 Å². The highest BCUT2D eigenvalue weighted by Crippen LogP contribution is 2.30. The quantitative estimate of drug-likeness (QED) is 0.609. The number of carbonyl (C=O) groups excluding carboxylic acids is 1. The van der Waals surface area contributed by atoms with Crippen molar-refractivity contribution >= 4 is 17.7 Å². The molecule has 1 aromatic heterocycles. The van der Waals surface area contributed by atoms with E-state index in [1.165, 1.54) is 5.56 Å². The molecule has 5 heteroatoms. The molecule has 1 amide bonds. The van der Waals surface area contributed by atoms with Crippen LogP contribution in [0.5, 0.6) is 0 Å². The van der Waals surface area contributed by atoms with Crippen LogP contribution in [0.25, 0.3) is 5.69 Å². The molecule has 26 heavy (non-hydrogen) atoms. The zero-order chi connectivity index (χ0) is 17.9. The summed E-state index contributed by atoms with van der Waals surface area (Å²) in [6.07, 6.45) is 7.94. The van der Waals surface area contributed by atoms with Gasteiger partial charge in [-0.25, -0.2) is 4.98 Å². The van der Waals surface area contributed by atoms with E-state index in [1.807, 2.05) is 64.4 Å². The van der Waals surface area contributed by atoms with E-state index in [-0.39, 0.29) is 5.91 Å². The molecule has 132 valence electrons. The summed E-state index contributed by atoms with van der Waals surface area (Å²) >= 11 is 1.60. The number of hydrogen-bond donors (Lipinski definition) is 0. The number of thioether (sulfide) groups is 1. The second-order valence-corrected chi connectivity index (χ2v) is 7.25. The van der Waals surface area contributed by atoms with Crippen LogP contribution < -0.4 is 0 Å². The van der Waals surface area contributed by atoms with E-state index >= 15 is 0 Å². The van der Waals surface area contributed by atoms with Gasteiger partial charge in [0, 0.05) is 36.2 Å². The highest BCUT2D eigenvalue weighted by molar-refractivity contribution is 7.98. The van der Waals surface area contributed by atoms with Gasteiger partial charge in [-0.3, -0.25) is 9.36 Å². The van der Waals surface area contributed by atoms with Crippen molar-refractivity contribution in [1.29, 1.82) is 0 Å². The van der Waals surface area contributed by atoms with Gasteiger partial charge in [0.1, 0.15) is 0 Å². The van der Waals surface area contributed by atoms with Crippen LogP contribution >= 0.6 is 11.8 Å². The molecule has 1 saturated carbocycles. The van der Waals surface area contributed by atoms with Gasteiger partial charge in [-0.1, -0.05) is 42.1 Å². The van der Waals surface area contributed by atoms with Gasteiger partial charge in [0.25, 0.3) is 5.91 Å². The number of aromatic nitrogens is 2. The molecule has 0 N–H and O–H groups in total. The molecule has 0 bridgehead atoms. The van der Waals surface area contributed by atoms with Crippen LogP contribution in [0.2, 0.25) is 0 Å². The number of nitrogens with zero attached hydrogens (tertiary/aromatic N) is 3. The smallest absolute Gasteiger partial charge is 0.254 e. The average Bonchev–Trinajstić information content (AvgIpc) is 3.42. The summed E-state index contributed by atoms with van der Waals surface area (Å²) in [5.41, 5.74) is 2.93. The molecular formula is C21H21N3OS. The first-order valence-corrected chi connectivity index (χ1v) is 10.0. The van der Waals surface area contributed by atoms with Crippen LogP contribution in [0.1, 0.15) is 28.8 Å². The summed E-state index contributed by atoms with van der Waals surface area (Å²) in [5, 5.41) is 0.938. The number of imidazole rings is 1. The maximum Gasteiger partial charge on any atom is 0.254 e. The summed E-state index contributed by atoms with van der Waals surface area (Å²) in [6, 6.07) is 18.4. The van der Waals surface area contributed by atoms with E-state index in [4.69, 9.17) is 0 Å². The van der Waals surface area contributed by atoms with E-state index in [9.17, 15) is 4.79 Å². The molecule has 4 rings (SSSR count). The minimum absolute atomic E-state index is 0.110.